The number of aryl methyl sites for hydroxylation is 1. The maximum Gasteiger partial charge on any atom is 0.151 e. The second-order valence-corrected chi connectivity index (χ2v) is 9.38. The van der Waals surface area contributed by atoms with Crippen molar-refractivity contribution in [2.75, 3.05) is 5.73 Å². The van der Waals surface area contributed by atoms with Crippen LogP contribution in [0.25, 0.3) is 16.7 Å². The first kappa shape index (κ1) is 21.6. The van der Waals surface area contributed by atoms with Crippen molar-refractivity contribution < 1.29 is 14.2 Å². The lowest BCUT2D eigenvalue weighted by molar-refractivity contribution is 0.0783. The number of fused-ring (bicyclic) bond motifs is 3. The van der Waals surface area contributed by atoms with E-state index in [9.17, 15) is 0 Å². The van der Waals surface area contributed by atoms with Crippen LogP contribution in [-0.4, -0.2) is 19.5 Å². The first-order chi connectivity index (χ1) is 17.1. The van der Waals surface area contributed by atoms with Gasteiger partial charge in [0.1, 0.15) is 41.2 Å². The highest BCUT2D eigenvalue weighted by Crippen LogP contribution is 2.41. The van der Waals surface area contributed by atoms with Crippen LogP contribution in [0.1, 0.15) is 35.0 Å². The van der Waals surface area contributed by atoms with Crippen LogP contribution in [0.2, 0.25) is 0 Å². The summed E-state index contributed by atoms with van der Waals surface area (Å²) in [6, 6.07) is 15.4. The van der Waals surface area contributed by atoms with Gasteiger partial charge in [0.05, 0.1) is 29.1 Å². The van der Waals surface area contributed by atoms with E-state index in [2.05, 4.69) is 19.5 Å². The van der Waals surface area contributed by atoms with Crippen LogP contribution < -0.4 is 15.2 Å². The van der Waals surface area contributed by atoms with Gasteiger partial charge in [-0.3, -0.25) is 0 Å². The molecule has 1 aliphatic rings. The van der Waals surface area contributed by atoms with Gasteiger partial charge in [0.25, 0.3) is 0 Å². The first-order valence-electron chi connectivity index (χ1n) is 11.2. The van der Waals surface area contributed by atoms with E-state index in [4.69, 9.17) is 19.9 Å². The summed E-state index contributed by atoms with van der Waals surface area (Å²) >= 11 is 1.61. The van der Waals surface area contributed by atoms with Crippen molar-refractivity contribution in [1.29, 1.82) is 0 Å². The van der Waals surface area contributed by atoms with E-state index < -0.39 is 0 Å². The average molecular weight is 486 g/mol. The lowest BCUT2D eigenvalue weighted by atomic mass is 10.1. The minimum absolute atomic E-state index is 0.0420. The molecule has 8 nitrogen and oxygen atoms in total. The van der Waals surface area contributed by atoms with Gasteiger partial charge in [-0.2, -0.15) is 0 Å². The number of aromatic nitrogens is 4. The van der Waals surface area contributed by atoms with E-state index in [1.165, 1.54) is 6.33 Å². The number of rotatable bonds is 6. The molecule has 1 aliphatic heterocycles. The molecule has 0 saturated carbocycles. The van der Waals surface area contributed by atoms with Crippen molar-refractivity contribution in [3.05, 3.63) is 82.2 Å². The molecule has 35 heavy (non-hydrogen) atoms. The molecule has 176 valence electrons. The van der Waals surface area contributed by atoms with Crippen molar-refractivity contribution in [1.82, 2.24) is 19.5 Å². The van der Waals surface area contributed by atoms with Crippen molar-refractivity contribution in [2.24, 2.45) is 0 Å². The van der Waals surface area contributed by atoms with Crippen molar-refractivity contribution in [3.8, 4) is 22.9 Å². The normalized spacial score (nSPS) is 14.9. The molecule has 0 saturated heterocycles. The number of nitrogen functional groups attached to an aromatic ring is 1. The average Bonchev–Trinajstić information content (AvgIpc) is 3.54. The fraction of sp³-hybridized carbons (Fsp3) is 0.192. The molecule has 0 spiro atoms. The van der Waals surface area contributed by atoms with E-state index in [0.717, 1.165) is 44.4 Å². The fourth-order valence-electron chi connectivity index (χ4n) is 4.40. The molecule has 0 bridgehead atoms. The molecule has 4 heterocycles. The van der Waals surface area contributed by atoms with Crippen molar-refractivity contribution in [2.45, 2.75) is 33.2 Å². The van der Waals surface area contributed by atoms with E-state index in [-0.39, 0.29) is 6.10 Å². The van der Waals surface area contributed by atoms with Crippen molar-refractivity contribution in [3.63, 3.8) is 0 Å². The number of benzene rings is 2. The molecular weight excluding hydrogens is 462 g/mol. The summed E-state index contributed by atoms with van der Waals surface area (Å²) in [6.07, 6.45) is 1.46. The first-order valence-corrected chi connectivity index (χ1v) is 12.1. The molecule has 0 amide bonds. The molecule has 6 rings (SSSR count). The number of nitrogens with two attached hydrogens (primary N) is 1. The summed E-state index contributed by atoms with van der Waals surface area (Å²) < 4.78 is 19.9. The smallest absolute Gasteiger partial charge is 0.151 e. The number of nitrogens with zero attached hydrogens (tertiary/aromatic N) is 4. The molecule has 0 radical (unpaired) electrons. The Morgan fingerprint density at radius 1 is 1.11 bits per heavy atom. The number of hydrogen-bond donors (Lipinski definition) is 1. The highest BCUT2D eigenvalue weighted by molar-refractivity contribution is 7.09. The zero-order chi connectivity index (χ0) is 23.9. The summed E-state index contributed by atoms with van der Waals surface area (Å²) in [5, 5.41) is 3.03. The standard InChI is InChI=1S/C26H23N5O3S/c1-15-23-22(12-32-15)31(25-24(23)28-14-29-26(25)27)18-6-8-19(9-7-18)34-21-5-3-4-20(10-21)33-11-17-13-35-16(2)30-17/h3-10,13-15H,11-12H2,1-2H3,(H2,27,28,29). The van der Waals surface area contributed by atoms with Crippen LogP contribution in [0.3, 0.4) is 0 Å². The highest BCUT2D eigenvalue weighted by atomic mass is 32.1. The quantitative estimate of drug-likeness (QED) is 0.328. The minimum Gasteiger partial charge on any atom is -0.487 e. The zero-order valence-electron chi connectivity index (χ0n) is 19.3. The van der Waals surface area contributed by atoms with E-state index in [1.54, 1.807) is 11.3 Å². The van der Waals surface area contributed by atoms with Gasteiger partial charge in [-0.05, 0) is 50.2 Å². The second-order valence-electron chi connectivity index (χ2n) is 8.32. The predicted octanol–water partition coefficient (Wildman–Crippen LogP) is 5.73. The SMILES string of the molecule is Cc1nc(COc2cccc(Oc3ccc(-n4c5c(c6ncnc(N)c64)C(C)OC5)cc3)c2)cs1. The summed E-state index contributed by atoms with van der Waals surface area (Å²) in [5.41, 5.74) is 11.9. The summed E-state index contributed by atoms with van der Waals surface area (Å²) in [5.74, 6) is 2.57. The molecule has 0 fully saturated rings. The van der Waals surface area contributed by atoms with Crippen LogP contribution in [0.4, 0.5) is 5.82 Å². The molecule has 9 heteroatoms. The van der Waals surface area contributed by atoms with E-state index in [0.29, 0.717) is 30.5 Å². The van der Waals surface area contributed by atoms with Crippen LogP contribution in [0.15, 0.2) is 60.2 Å². The Morgan fingerprint density at radius 2 is 1.94 bits per heavy atom. The summed E-state index contributed by atoms with van der Waals surface area (Å²) in [6.45, 7) is 4.93. The van der Waals surface area contributed by atoms with Gasteiger partial charge in [-0.15, -0.1) is 11.3 Å². The molecule has 2 N–H and O–H groups in total. The topological polar surface area (TPSA) is 97.3 Å². The van der Waals surface area contributed by atoms with Gasteiger partial charge < -0.3 is 24.5 Å². The molecule has 0 aliphatic carbocycles. The van der Waals surface area contributed by atoms with Gasteiger partial charge in [0.2, 0.25) is 0 Å². The molecule has 5 aromatic rings. The van der Waals surface area contributed by atoms with Crippen molar-refractivity contribution >= 4 is 28.2 Å². The molecule has 3 aromatic heterocycles. The largest absolute Gasteiger partial charge is 0.487 e. The van der Waals surface area contributed by atoms with Gasteiger partial charge in [0.15, 0.2) is 5.82 Å². The highest BCUT2D eigenvalue weighted by Gasteiger charge is 2.30. The number of thiazole rings is 1. The van der Waals surface area contributed by atoms with Crippen LogP contribution >= 0.6 is 11.3 Å². The van der Waals surface area contributed by atoms with E-state index >= 15 is 0 Å². The fourth-order valence-corrected chi connectivity index (χ4v) is 5.00. The molecule has 2 aromatic carbocycles. The molecule has 1 atom stereocenters. The van der Waals surface area contributed by atoms with Crippen LogP contribution in [0, 0.1) is 6.92 Å². The van der Waals surface area contributed by atoms with Gasteiger partial charge in [-0.1, -0.05) is 6.07 Å². The molecular formula is C26H23N5O3S. The minimum atomic E-state index is -0.0420. The summed E-state index contributed by atoms with van der Waals surface area (Å²) in [7, 11) is 0. The second kappa shape index (κ2) is 8.68. The van der Waals surface area contributed by atoms with Gasteiger partial charge >= 0.3 is 0 Å². The third-order valence-corrected chi connectivity index (χ3v) is 6.80. The lowest BCUT2D eigenvalue weighted by Crippen LogP contribution is -2.03. The Labute approximate surface area is 206 Å². The Balaban J connectivity index is 1.24. The maximum absolute atomic E-state index is 6.26. The van der Waals surface area contributed by atoms with Crippen LogP contribution in [-0.2, 0) is 18.0 Å². The number of anilines is 1. The third-order valence-electron chi connectivity index (χ3n) is 5.98. The zero-order valence-corrected chi connectivity index (χ0v) is 20.1. The monoisotopic (exact) mass is 485 g/mol. The maximum atomic E-state index is 6.26. The molecule has 1 unspecified atom stereocenters. The third kappa shape index (κ3) is 3.98. The van der Waals surface area contributed by atoms with Crippen LogP contribution in [0.5, 0.6) is 17.2 Å². The lowest BCUT2D eigenvalue weighted by Gasteiger charge is -2.12. The Hall–Kier alpha value is -3.95. The summed E-state index contributed by atoms with van der Waals surface area (Å²) in [4.78, 5) is 13.1. The van der Waals surface area contributed by atoms with Gasteiger partial charge in [-0.25, -0.2) is 15.0 Å². The Morgan fingerprint density at radius 3 is 2.74 bits per heavy atom. The predicted molar refractivity (Wildman–Crippen MR) is 134 cm³/mol. The van der Waals surface area contributed by atoms with Gasteiger partial charge in [0, 0.05) is 22.7 Å². The number of ether oxygens (including phenoxy) is 3. The van der Waals surface area contributed by atoms with E-state index in [1.807, 2.05) is 67.8 Å². The Bertz CT molecular complexity index is 1530. The number of hydrogen-bond acceptors (Lipinski definition) is 8. The Kier molecular flexibility index (Phi) is 5.35.